The van der Waals surface area contributed by atoms with Crippen LogP contribution in [0.15, 0.2) is 27.4 Å². The molecule has 2 aromatic heterocycles. The van der Waals surface area contributed by atoms with E-state index < -0.39 is 6.10 Å². The van der Waals surface area contributed by atoms with Gasteiger partial charge in [-0.25, -0.2) is 4.63 Å². The zero-order valence-corrected chi connectivity index (χ0v) is 12.5. The first-order valence-corrected chi connectivity index (χ1v) is 6.77. The number of hydrogen-bond donors (Lipinski definition) is 1. The molecule has 0 bridgehead atoms. The van der Waals surface area contributed by atoms with Crippen LogP contribution in [0.2, 0.25) is 5.02 Å². The van der Waals surface area contributed by atoms with E-state index in [9.17, 15) is 0 Å². The summed E-state index contributed by atoms with van der Waals surface area (Å²) in [7, 11) is 0. The summed E-state index contributed by atoms with van der Waals surface area (Å²) < 4.78 is 15.4. The van der Waals surface area contributed by atoms with Gasteiger partial charge in [-0.2, -0.15) is 4.98 Å². The van der Waals surface area contributed by atoms with Crippen molar-refractivity contribution in [3.8, 4) is 17.3 Å². The molecule has 0 amide bonds. The minimum atomic E-state index is -0.456. The minimum Gasteiger partial charge on any atom is -0.481 e. The number of halogens is 1. The predicted molar refractivity (Wildman–Crippen MR) is 77.2 cm³/mol. The maximum absolute atomic E-state index is 5.98. The van der Waals surface area contributed by atoms with E-state index in [4.69, 9.17) is 26.6 Å². The molecule has 1 aromatic carbocycles. The minimum absolute atomic E-state index is 0.0919. The molecule has 2 N–H and O–H groups in total. The van der Waals surface area contributed by atoms with Gasteiger partial charge in [0.15, 0.2) is 17.6 Å². The molecular weight excluding hydrogens is 310 g/mol. The van der Waals surface area contributed by atoms with Crippen LogP contribution >= 0.6 is 11.6 Å². The van der Waals surface area contributed by atoms with E-state index in [0.717, 1.165) is 5.56 Å². The van der Waals surface area contributed by atoms with E-state index >= 15 is 0 Å². The van der Waals surface area contributed by atoms with Crippen molar-refractivity contribution in [1.29, 1.82) is 0 Å². The summed E-state index contributed by atoms with van der Waals surface area (Å²) in [4.78, 5) is 4.18. The van der Waals surface area contributed by atoms with Crippen LogP contribution in [0, 0.1) is 6.92 Å². The first kappa shape index (κ1) is 14.3. The van der Waals surface area contributed by atoms with Crippen molar-refractivity contribution in [3.05, 3.63) is 34.7 Å². The van der Waals surface area contributed by atoms with Crippen molar-refractivity contribution < 1.29 is 13.9 Å². The van der Waals surface area contributed by atoms with E-state index in [1.807, 2.05) is 13.0 Å². The van der Waals surface area contributed by atoms with Crippen LogP contribution in [0.4, 0.5) is 5.82 Å². The Balaban J connectivity index is 1.78. The van der Waals surface area contributed by atoms with E-state index in [2.05, 4.69) is 25.1 Å². The Morgan fingerprint density at radius 1 is 1.27 bits per heavy atom. The Morgan fingerprint density at radius 3 is 2.77 bits per heavy atom. The van der Waals surface area contributed by atoms with Crippen molar-refractivity contribution in [2.75, 3.05) is 5.73 Å². The van der Waals surface area contributed by atoms with Crippen LogP contribution in [-0.4, -0.2) is 20.5 Å². The highest BCUT2D eigenvalue weighted by Crippen LogP contribution is 2.26. The van der Waals surface area contributed by atoms with E-state index in [1.54, 1.807) is 19.1 Å². The van der Waals surface area contributed by atoms with Gasteiger partial charge in [-0.1, -0.05) is 16.8 Å². The van der Waals surface area contributed by atoms with Gasteiger partial charge in [-0.3, -0.25) is 0 Å². The molecule has 0 aliphatic heterocycles. The number of nitrogens with zero attached hydrogens (tertiary/aromatic N) is 4. The van der Waals surface area contributed by atoms with Gasteiger partial charge in [0, 0.05) is 5.02 Å². The van der Waals surface area contributed by atoms with E-state index in [-0.39, 0.29) is 23.2 Å². The number of rotatable bonds is 4. The lowest BCUT2D eigenvalue weighted by molar-refractivity contribution is 0.175. The lowest BCUT2D eigenvalue weighted by atomic mass is 10.2. The zero-order chi connectivity index (χ0) is 15.7. The second-order valence-electron chi connectivity index (χ2n) is 4.63. The fraction of sp³-hybridized carbons (Fsp3) is 0.231. The molecule has 0 spiro atoms. The van der Waals surface area contributed by atoms with Crippen LogP contribution in [-0.2, 0) is 0 Å². The number of aryl methyl sites for hydroxylation is 1. The number of ether oxygens (including phenoxy) is 1. The third-order valence-corrected chi connectivity index (χ3v) is 3.38. The fourth-order valence-corrected chi connectivity index (χ4v) is 1.91. The summed E-state index contributed by atoms with van der Waals surface area (Å²) in [6.45, 7) is 3.68. The van der Waals surface area contributed by atoms with Gasteiger partial charge < -0.3 is 15.0 Å². The van der Waals surface area contributed by atoms with E-state index in [0.29, 0.717) is 10.8 Å². The second kappa shape index (κ2) is 5.64. The molecule has 3 rings (SSSR count). The first-order valence-electron chi connectivity index (χ1n) is 6.39. The highest BCUT2D eigenvalue weighted by atomic mass is 35.5. The number of benzene rings is 1. The largest absolute Gasteiger partial charge is 0.481 e. The Kier molecular flexibility index (Phi) is 3.68. The Morgan fingerprint density at radius 2 is 2.09 bits per heavy atom. The lowest BCUT2D eigenvalue weighted by Crippen LogP contribution is -2.03. The Hall–Kier alpha value is -2.61. The predicted octanol–water partition coefficient (Wildman–Crippen LogP) is 2.80. The summed E-state index contributed by atoms with van der Waals surface area (Å²) in [5.74, 6) is 1.22. The van der Waals surface area contributed by atoms with Gasteiger partial charge in [0.2, 0.25) is 5.82 Å². The normalized spacial score (nSPS) is 12.3. The topological polar surface area (TPSA) is 113 Å². The van der Waals surface area contributed by atoms with Gasteiger partial charge >= 0.3 is 0 Å². The molecule has 0 saturated heterocycles. The average molecular weight is 322 g/mol. The van der Waals surface area contributed by atoms with Gasteiger partial charge in [-0.05, 0) is 47.9 Å². The monoisotopic (exact) mass is 321 g/mol. The summed E-state index contributed by atoms with van der Waals surface area (Å²) in [5.41, 5.74) is 6.72. The first-order chi connectivity index (χ1) is 10.5. The van der Waals surface area contributed by atoms with Gasteiger partial charge in [0.05, 0.1) is 0 Å². The molecule has 0 saturated carbocycles. The lowest BCUT2D eigenvalue weighted by Gasteiger charge is -2.11. The van der Waals surface area contributed by atoms with Crippen LogP contribution in [0.25, 0.3) is 11.5 Å². The molecule has 8 nitrogen and oxygen atoms in total. The maximum Gasteiger partial charge on any atom is 0.267 e. The molecule has 114 valence electrons. The Bertz CT molecular complexity index is 801. The third kappa shape index (κ3) is 2.73. The summed E-state index contributed by atoms with van der Waals surface area (Å²) in [5, 5.41) is 11.5. The number of nitrogen functional groups attached to an aromatic ring is 1. The molecule has 0 fully saturated rings. The molecule has 0 radical (unpaired) electrons. The van der Waals surface area contributed by atoms with Crippen LogP contribution in [0.1, 0.15) is 24.5 Å². The van der Waals surface area contributed by atoms with Crippen molar-refractivity contribution in [2.45, 2.75) is 20.0 Å². The number of anilines is 1. The van der Waals surface area contributed by atoms with Crippen molar-refractivity contribution in [3.63, 3.8) is 0 Å². The smallest absolute Gasteiger partial charge is 0.267 e. The fourth-order valence-electron chi connectivity index (χ4n) is 1.79. The van der Waals surface area contributed by atoms with Gasteiger partial charge in [-0.15, -0.1) is 0 Å². The molecule has 0 aliphatic carbocycles. The van der Waals surface area contributed by atoms with E-state index in [1.165, 1.54) is 0 Å². The maximum atomic E-state index is 5.98. The highest BCUT2D eigenvalue weighted by molar-refractivity contribution is 6.31. The molecular formula is C13H12ClN5O3. The van der Waals surface area contributed by atoms with Crippen LogP contribution in [0.3, 0.4) is 0 Å². The van der Waals surface area contributed by atoms with Crippen molar-refractivity contribution in [1.82, 2.24) is 20.5 Å². The molecule has 9 heteroatoms. The van der Waals surface area contributed by atoms with Crippen molar-refractivity contribution in [2.24, 2.45) is 0 Å². The average Bonchev–Trinajstić information content (AvgIpc) is 3.11. The van der Waals surface area contributed by atoms with Gasteiger partial charge in [0.25, 0.3) is 5.89 Å². The molecule has 1 atom stereocenters. The molecule has 3 aromatic rings. The zero-order valence-electron chi connectivity index (χ0n) is 11.8. The second-order valence-corrected chi connectivity index (χ2v) is 5.03. The quantitative estimate of drug-likeness (QED) is 0.780. The molecule has 0 unspecified atom stereocenters. The standard InChI is InChI=1S/C13H12ClN5O3/c1-6-5-8(3-4-9(6)14)20-7(2)13-16-12(19-21-13)10-11(15)18-22-17-10/h3-5,7H,1-2H3,(H2,15,18)/t7-/m1/s1. The summed E-state index contributed by atoms with van der Waals surface area (Å²) in [6, 6.07) is 5.36. The van der Waals surface area contributed by atoms with Crippen molar-refractivity contribution >= 4 is 17.4 Å². The molecule has 22 heavy (non-hydrogen) atoms. The molecule has 2 heterocycles. The molecule has 0 aliphatic rings. The van der Waals surface area contributed by atoms with Gasteiger partial charge in [0.1, 0.15) is 5.75 Å². The number of aromatic nitrogens is 4. The number of hydrogen-bond acceptors (Lipinski definition) is 8. The summed E-state index contributed by atoms with van der Waals surface area (Å²) in [6.07, 6.45) is -0.456. The third-order valence-electron chi connectivity index (χ3n) is 2.96. The number of nitrogens with two attached hydrogens (primary N) is 1. The van der Waals surface area contributed by atoms with Crippen LogP contribution < -0.4 is 10.5 Å². The Labute approximate surface area is 130 Å². The highest BCUT2D eigenvalue weighted by Gasteiger charge is 2.20. The van der Waals surface area contributed by atoms with Crippen LogP contribution in [0.5, 0.6) is 5.75 Å². The summed E-state index contributed by atoms with van der Waals surface area (Å²) >= 11 is 5.98. The SMILES string of the molecule is Cc1cc(O[C@H](C)c2nc(-c3nonc3N)no2)ccc1Cl.